The van der Waals surface area contributed by atoms with Gasteiger partial charge in [0.25, 0.3) is 5.91 Å². The number of sulfone groups is 1. The zero-order valence-corrected chi connectivity index (χ0v) is 14.8. The minimum absolute atomic E-state index is 0. The fourth-order valence-corrected chi connectivity index (χ4v) is 4.51. The maximum atomic E-state index is 12.6. The van der Waals surface area contributed by atoms with Gasteiger partial charge in [0, 0.05) is 24.7 Å². The van der Waals surface area contributed by atoms with Crippen molar-refractivity contribution in [2.24, 2.45) is 17.6 Å². The summed E-state index contributed by atoms with van der Waals surface area (Å²) in [5.41, 5.74) is 6.64. The first kappa shape index (κ1) is 18.2. The zero-order chi connectivity index (χ0) is 15.9. The molecule has 1 aromatic carbocycles. The lowest BCUT2D eigenvalue weighted by Gasteiger charge is -2.19. The molecule has 0 aromatic heterocycles. The molecule has 1 heterocycles. The summed E-state index contributed by atoms with van der Waals surface area (Å²) in [6.07, 6.45) is 2.16. The molecule has 2 N–H and O–H groups in total. The van der Waals surface area contributed by atoms with Crippen LogP contribution in [0.4, 0.5) is 0 Å². The van der Waals surface area contributed by atoms with Crippen LogP contribution in [-0.4, -0.2) is 44.1 Å². The minimum Gasteiger partial charge on any atom is -0.338 e. The van der Waals surface area contributed by atoms with Gasteiger partial charge in [-0.15, -0.1) is 12.4 Å². The maximum Gasteiger partial charge on any atom is 0.253 e. The smallest absolute Gasteiger partial charge is 0.253 e. The van der Waals surface area contributed by atoms with Crippen LogP contribution in [0.25, 0.3) is 0 Å². The molecule has 1 aromatic rings. The molecular weight excluding hydrogens is 336 g/mol. The number of halogens is 1. The molecule has 3 atom stereocenters. The summed E-state index contributed by atoms with van der Waals surface area (Å²) in [6.45, 7) is 3.10. The van der Waals surface area contributed by atoms with Crippen LogP contribution in [0, 0.1) is 11.8 Å². The van der Waals surface area contributed by atoms with Crippen LogP contribution in [-0.2, 0) is 9.84 Å². The molecule has 0 spiro atoms. The Hall–Kier alpha value is -1.11. The second-order valence-electron chi connectivity index (χ2n) is 6.30. The molecule has 7 heteroatoms. The molecule has 128 valence electrons. The van der Waals surface area contributed by atoms with Crippen molar-refractivity contribution in [1.82, 2.24) is 4.90 Å². The van der Waals surface area contributed by atoms with Crippen molar-refractivity contribution in [1.29, 1.82) is 0 Å². The third kappa shape index (κ3) is 3.39. The molecule has 5 nitrogen and oxygen atoms in total. The van der Waals surface area contributed by atoms with Gasteiger partial charge in [-0.25, -0.2) is 8.42 Å². The van der Waals surface area contributed by atoms with Crippen LogP contribution in [0.5, 0.6) is 0 Å². The lowest BCUT2D eigenvalue weighted by atomic mass is 9.98. The highest BCUT2D eigenvalue weighted by Crippen LogP contribution is 2.37. The van der Waals surface area contributed by atoms with Crippen LogP contribution in [0.2, 0.25) is 0 Å². The predicted molar refractivity (Wildman–Crippen MR) is 91.5 cm³/mol. The lowest BCUT2D eigenvalue weighted by Crippen LogP contribution is -2.33. The number of nitrogens with zero attached hydrogens (tertiary/aromatic N) is 1. The van der Waals surface area contributed by atoms with E-state index in [1.165, 1.54) is 12.1 Å². The topological polar surface area (TPSA) is 80.5 Å². The van der Waals surface area contributed by atoms with E-state index in [1.54, 1.807) is 19.1 Å². The van der Waals surface area contributed by atoms with E-state index in [0.29, 0.717) is 17.4 Å². The van der Waals surface area contributed by atoms with Crippen molar-refractivity contribution < 1.29 is 13.2 Å². The first-order chi connectivity index (χ1) is 10.4. The van der Waals surface area contributed by atoms with E-state index in [1.807, 2.05) is 4.90 Å². The van der Waals surface area contributed by atoms with Gasteiger partial charge in [-0.05, 0) is 48.9 Å². The van der Waals surface area contributed by atoms with Gasteiger partial charge in [0.05, 0.1) is 10.6 Å². The van der Waals surface area contributed by atoms with Gasteiger partial charge in [-0.1, -0.05) is 6.92 Å². The molecule has 1 aliphatic carbocycles. The van der Waals surface area contributed by atoms with Gasteiger partial charge >= 0.3 is 0 Å². The molecule has 1 aliphatic heterocycles. The van der Waals surface area contributed by atoms with E-state index < -0.39 is 9.84 Å². The normalized spacial score (nSPS) is 26.7. The summed E-state index contributed by atoms with van der Waals surface area (Å²) in [5.74, 6) is 0.984. The second kappa shape index (κ2) is 6.79. The molecule has 23 heavy (non-hydrogen) atoms. The highest BCUT2D eigenvalue weighted by molar-refractivity contribution is 7.91. The van der Waals surface area contributed by atoms with Crippen LogP contribution in [0.3, 0.4) is 0 Å². The van der Waals surface area contributed by atoms with Crippen molar-refractivity contribution in [2.45, 2.75) is 30.7 Å². The Labute approximate surface area is 143 Å². The number of amides is 1. The summed E-state index contributed by atoms with van der Waals surface area (Å²) < 4.78 is 23.6. The molecule has 3 unspecified atom stereocenters. The first-order valence-corrected chi connectivity index (χ1v) is 9.45. The van der Waals surface area contributed by atoms with Gasteiger partial charge in [-0.3, -0.25) is 4.79 Å². The quantitative estimate of drug-likeness (QED) is 0.891. The summed E-state index contributed by atoms with van der Waals surface area (Å²) in [7, 11) is -3.22. The first-order valence-electron chi connectivity index (χ1n) is 7.80. The van der Waals surface area contributed by atoms with Gasteiger partial charge in [0.15, 0.2) is 9.84 Å². The Morgan fingerprint density at radius 2 is 1.87 bits per heavy atom. The SMILES string of the molecule is CCS(=O)(=O)c1ccc(C(=O)N2CC3CCC(N)C3C2)cc1.Cl. The van der Waals surface area contributed by atoms with E-state index in [2.05, 4.69) is 0 Å². The molecule has 2 aliphatic rings. The second-order valence-corrected chi connectivity index (χ2v) is 8.58. The van der Waals surface area contributed by atoms with Crippen molar-refractivity contribution >= 4 is 28.2 Å². The van der Waals surface area contributed by atoms with Crippen molar-refractivity contribution in [3.63, 3.8) is 0 Å². The summed E-state index contributed by atoms with van der Waals surface area (Å²) in [5, 5.41) is 0. The average Bonchev–Trinajstić information content (AvgIpc) is 3.09. The van der Waals surface area contributed by atoms with Crippen molar-refractivity contribution in [2.75, 3.05) is 18.8 Å². The Kier molecular flexibility index (Phi) is 5.38. The molecular formula is C16H23ClN2O3S. The number of benzene rings is 1. The predicted octanol–water partition coefficient (Wildman–Crippen LogP) is 1.71. The Balaban J connectivity index is 0.00000192. The Morgan fingerprint density at radius 1 is 1.22 bits per heavy atom. The number of nitrogens with two attached hydrogens (primary N) is 1. The summed E-state index contributed by atoms with van der Waals surface area (Å²) in [4.78, 5) is 14.7. The number of rotatable bonds is 3. The minimum atomic E-state index is -3.22. The van der Waals surface area contributed by atoms with Gasteiger partial charge in [0.2, 0.25) is 0 Å². The number of carbonyl (C=O) groups excluding carboxylic acids is 1. The zero-order valence-electron chi connectivity index (χ0n) is 13.1. The molecule has 0 radical (unpaired) electrons. The van der Waals surface area contributed by atoms with Gasteiger partial charge < -0.3 is 10.6 Å². The molecule has 1 amide bonds. The van der Waals surface area contributed by atoms with Crippen molar-refractivity contribution in [3.8, 4) is 0 Å². The monoisotopic (exact) mass is 358 g/mol. The maximum absolute atomic E-state index is 12.6. The number of hydrogen-bond donors (Lipinski definition) is 1. The van der Waals surface area contributed by atoms with Crippen LogP contribution < -0.4 is 5.73 Å². The molecule has 2 fully saturated rings. The third-order valence-corrected chi connectivity index (χ3v) is 6.79. The highest BCUT2D eigenvalue weighted by atomic mass is 35.5. The fourth-order valence-electron chi connectivity index (χ4n) is 3.63. The number of likely N-dealkylation sites (tertiary alicyclic amines) is 1. The Morgan fingerprint density at radius 3 is 2.43 bits per heavy atom. The average molecular weight is 359 g/mol. The van der Waals surface area contributed by atoms with E-state index in [4.69, 9.17) is 5.73 Å². The van der Waals surface area contributed by atoms with Crippen LogP contribution in [0.1, 0.15) is 30.1 Å². The Bertz CT molecular complexity index is 675. The number of hydrogen-bond acceptors (Lipinski definition) is 4. The van der Waals surface area contributed by atoms with Crippen LogP contribution >= 0.6 is 12.4 Å². The number of carbonyl (C=O) groups is 1. The molecule has 3 rings (SSSR count). The lowest BCUT2D eigenvalue weighted by molar-refractivity contribution is 0.0779. The largest absolute Gasteiger partial charge is 0.338 e. The van der Waals surface area contributed by atoms with E-state index in [-0.39, 0.29) is 35.0 Å². The third-order valence-electron chi connectivity index (χ3n) is 5.04. The summed E-state index contributed by atoms with van der Waals surface area (Å²) >= 11 is 0. The molecule has 1 saturated heterocycles. The fraction of sp³-hybridized carbons (Fsp3) is 0.562. The van der Waals surface area contributed by atoms with Gasteiger partial charge in [0.1, 0.15) is 0 Å². The standard InChI is InChI=1S/C16H22N2O3S.ClH/c1-2-22(20,21)13-6-3-11(4-7-13)16(19)18-9-12-5-8-15(17)14(12)10-18;/h3-4,6-7,12,14-15H,2,5,8-10,17H2,1H3;1H. The van der Waals surface area contributed by atoms with E-state index in [9.17, 15) is 13.2 Å². The van der Waals surface area contributed by atoms with Gasteiger partial charge in [-0.2, -0.15) is 0 Å². The molecule has 1 saturated carbocycles. The van der Waals surface area contributed by atoms with E-state index in [0.717, 1.165) is 25.9 Å². The highest BCUT2D eigenvalue weighted by Gasteiger charge is 2.42. The number of fused-ring (bicyclic) bond motifs is 1. The summed E-state index contributed by atoms with van der Waals surface area (Å²) in [6, 6.07) is 6.47. The van der Waals surface area contributed by atoms with Crippen molar-refractivity contribution in [3.05, 3.63) is 29.8 Å². The van der Waals surface area contributed by atoms with E-state index >= 15 is 0 Å². The molecule has 0 bridgehead atoms. The van der Waals surface area contributed by atoms with Crippen LogP contribution in [0.15, 0.2) is 29.2 Å².